The number of halogens is 1. The first-order valence-corrected chi connectivity index (χ1v) is 4.95. The van der Waals surface area contributed by atoms with Gasteiger partial charge in [-0.3, -0.25) is 0 Å². The molecule has 0 amide bonds. The van der Waals surface area contributed by atoms with Gasteiger partial charge < -0.3 is 5.11 Å². The van der Waals surface area contributed by atoms with Crippen LogP contribution in [0.2, 0.25) is 0 Å². The van der Waals surface area contributed by atoms with Crippen LogP contribution in [-0.2, 0) is 5.60 Å². The van der Waals surface area contributed by atoms with E-state index in [-0.39, 0.29) is 0 Å². The minimum atomic E-state index is -0.803. The Morgan fingerprint density at radius 3 is 2.46 bits per heavy atom. The van der Waals surface area contributed by atoms with Crippen molar-refractivity contribution in [2.75, 3.05) is 0 Å². The molecule has 2 heteroatoms. The summed E-state index contributed by atoms with van der Waals surface area (Å²) in [6.45, 7) is 5.41. The molecule has 0 fully saturated rings. The maximum absolute atomic E-state index is 9.99. The summed E-state index contributed by atoms with van der Waals surface area (Å²) in [7, 11) is 0. The molecule has 0 aliphatic heterocycles. The quantitative estimate of drug-likeness (QED) is 0.805. The van der Waals surface area contributed by atoms with Gasteiger partial charge in [-0.1, -0.05) is 34.1 Å². The normalized spacial score (nSPS) is 15.0. The average Bonchev–Trinajstić information content (AvgIpc) is 2.05. The van der Waals surface area contributed by atoms with Crippen molar-refractivity contribution in [3.05, 3.63) is 47.0 Å². The molecule has 1 nitrogen and oxygen atoms in total. The van der Waals surface area contributed by atoms with Gasteiger partial charge in [-0.05, 0) is 31.0 Å². The van der Waals surface area contributed by atoms with Crippen molar-refractivity contribution in [1.29, 1.82) is 0 Å². The van der Waals surface area contributed by atoms with Gasteiger partial charge in [0.05, 0.1) is 5.60 Å². The van der Waals surface area contributed by atoms with E-state index < -0.39 is 5.60 Å². The Bertz CT molecular complexity index is 287. The molecule has 1 unspecified atom stereocenters. The van der Waals surface area contributed by atoms with Gasteiger partial charge >= 0.3 is 0 Å². The summed E-state index contributed by atoms with van der Waals surface area (Å²) in [5.74, 6) is 0. The lowest BCUT2D eigenvalue weighted by Crippen LogP contribution is -2.19. The standard InChI is InChI=1S/C11H13BrO/c1-3-8-11(2,13)9-4-6-10(12)7-5-9/h3-7,13H,1,8H2,2H3. The molecule has 1 aromatic rings. The molecule has 1 N–H and O–H groups in total. The molecule has 0 saturated carbocycles. The number of rotatable bonds is 3. The molecule has 0 aliphatic carbocycles. The fourth-order valence-electron chi connectivity index (χ4n) is 1.21. The van der Waals surface area contributed by atoms with Gasteiger partial charge in [0.25, 0.3) is 0 Å². The Balaban J connectivity index is 2.93. The van der Waals surface area contributed by atoms with Crippen LogP contribution in [-0.4, -0.2) is 5.11 Å². The second-order valence-corrected chi connectivity index (χ2v) is 4.19. The first-order valence-electron chi connectivity index (χ1n) is 4.15. The first kappa shape index (κ1) is 10.5. The van der Waals surface area contributed by atoms with E-state index in [1.165, 1.54) is 0 Å². The molecule has 13 heavy (non-hydrogen) atoms. The van der Waals surface area contributed by atoms with Crippen molar-refractivity contribution < 1.29 is 5.11 Å². The van der Waals surface area contributed by atoms with Crippen LogP contribution in [0.15, 0.2) is 41.4 Å². The smallest absolute Gasteiger partial charge is 0.0902 e. The minimum Gasteiger partial charge on any atom is -0.385 e. The van der Waals surface area contributed by atoms with Crippen molar-refractivity contribution in [3.63, 3.8) is 0 Å². The number of hydrogen-bond donors (Lipinski definition) is 1. The topological polar surface area (TPSA) is 20.2 Å². The number of hydrogen-bond acceptors (Lipinski definition) is 1. The van der Waals surface area contributed by atoms with E-state index in [2.05, 4.69) is 22.5 Å². The summed E-state index contributed by atoms with van der Waals surface area (Å²) >= 11 is 3.35. The van der Waals surface area contributed by atoms with Gasteiger partial charge in [0.2, 0.25) is 0 Å². The van der Waals surface area contributed by atoms with Crippen LogP contribution in [0.4, 0.5) is 0 Å². The van der Waals surface area contributed by atoms with Crippen LogP contribution in [0.3, 0.4) is 0 Å². The zero-order valence-corrected chi connectivity index (χ0v) is 9.21. The molecule has 1 aromatic carbocycles. The molecule has 0 radical (unpaired) electrons. The Labute approximate surface area is 87.2 Å². The van der Waals surface area contributed by atoms with Crippen LogP contribution in [0.5, 0.6) is 0 Å². The average molecular weight is 241 g/mol. The molecule has 0 saturated heterocycles. The van der Waals surface area contributed by atoms with Gasteiger partial charge in [0.1, 0.15) is 0 Å². The van der Waals surface area contributed by atoms with E-state index in [0.29, 0.717) is 6.42 Å². The highest BCUT2D eigenvalue weighted by molar-refractivity contribution is 9.10. The molecule has 0 aromatic heterocycles. The monoisotopic (exact) mass is 240 g/mol. The third-order valence-electron chi connectivity index (χ3n) is 2.01. The maximum atomic E-state index is 9.99. The van der Waals surface area contributed by atoms with Crippen molar-refractivity contribution in [1.82, 2.24) is 0 Å². The summed E-state index contributed by atoms with van der Waals surface area (Å²) < 4.78 is 1.02. The Hall–Kier alpha value is -0.600. The molecular formula is C11H13BrO. The SMILES string of the molecule is C=CCC(C)(O)c1ccc(Br)cc1. The van der Waals surface area contributed by atoms with Crippen molar-refractivity contribution in [2.24, 2.45) is 0 Å². The van der Waals surface area contributed by atoms with E-state index in [1.807, 2.05) is 24.3 Å². The Kier molecular flexibility index (Phi) is 3.28. The summed E-state index contributed by atoms with van der Waals surface area (Å²) in [6, 6.07) is 7.67. The molecule has 0 bridgehead atoms. The van der Waals surface area contributed by atoms with Crippen molar-refractivity contribution in [3.8, 4) is 0 Å². The summed E-state index contributed by atoms with van der Waals surface area (Å²) in [5, 5.41) is 9.99. The highest BCUT2D eigenvalue weighted by Gasteiger charge is 2.20. The predicted molar refractivity (Wildman–Crippen MR) is 58.5 cm³/mol. The lowest BCUT2D eigenvalue weighted by Gasteiger charge is -2.21. The van der Waals surface area contributed by atoms with Crippen LogP contribution in [0.25, 0.3) is 0 Å². The lowest BCUT2D eigenvalue weighted by molar-refractivity contribution is 0.0606. The zero-order chi connectivity index (χ0) is 9.90. The minimum absolute atomic E-state index is 0.564. The van der Waals surface area contributed by atoms with Gasteiger partial charge in [0, 0.05) is 4.47 Å². The Morgan fingerprint density at radius 2 is 2.00 bits per heavy atom. The van der Waals surface area contributed by atoms with Crippen LogP contribution in [0.1, 0.15) is 18.9 Å². The van der Waals surface area contributed by atoms with Gasteiger partial charge in [-0.2, -0.15) is 0 Å². The first-order chi connectivity index (χ1) is 6.06. The van der Waals surface area contributed by atoms with E-state index in [1.54, 1.807) is 13.0 Å². The predicted octanol–water partition coefficient (Wildman–Crippen LogP) is 3.23. The van der Waals surface area contributed by atoms with Crippen LogP contribution < -0.4 is 0 Å². The molecule has 0 heterocycles. The third kappa shape index (κ3) is 2.68. The number of benzene rings is 1. The fourth-order valence-corrected chi connectivity index (χ4v) is 1.47. The largest absolute Gasteiger partial charge is 0.385 e. The van der Waals surface area contributed by atoms with Gasteiger partial charge in [0.15, 0.2) is 0 Å². The third-order valence-corrected chi connectivity index (χ3v) is 2.54. The highest BCUT2D eigenvalue weighted by Crippen LogP contribution is 2.25. The molecule has 1 atom stereocenters. The lowest BCUT2D eigenvalue weighted by atomic mass is 9.93. The fraction of sp³-hybridized carbons (Fsp3) is 0.273. The van der Waals surface area contributed by atoms with E-state index >= 15 is 0 Å². The molecule has 0 aliphatic rings. The number of aliphatic hydroxyl groups is 1. The highest BCUT2D eigenvalue weighted by atomic mass is 79.9. The second kappa shape index (κ2) is 4.07. The van der Waals surface area contributed by atoms with Gasteiger partial charge in [-0.25, -0.2) is 0 Å². The zero-order valence-electron chi connectivity index (χ0n) is 7.63. The molecule has 0 spiro atoms. The van der Waals surface area contributed by atoms with E-state index in [9.17, 15) is 5.11 Å². The summed E-state index contributed by atoms with van der Waals surface area (Å²) in [4.78, 5) is 0. The maximum Gasteiger partial charge on any atom is 0.0902 e. The second-order valence-electron chi connectivity index (χ2n) is 3.27. The van der Waals surface area contributed by atoms with Gasteiger partial charge in [-0.15, -0.1) is 6.58 Å². The summed E-state index contributed by atoms with van der Waals surface area (Å²) in [6.07, 6.45) is 2.29. The molecule has 1 rings (SSSR count). The molecular weight excluding hydrogens is 228 g/mol. The van der Waals surface area contributed by atoms with Crippen LogP contribution >= 0.6 is 15.9 Å². The summed E-state index contributed by atoms with van der Waals surface area (Å²) in [5.41, 5.74) is 0.109. The Morgan fingerprint density at radius 1 is 1.46 bits per heavy atom. The van der Waals surface area contributed by atoms with E-state index in [4.69, 9.17) is 0 Å². The van der Waals surface area contributed by atoms with Crippen LogP contribution in [0, 0.1) is 0 Å². The van der Waals surface area contributed by atoms with Crippen molar-refractivity contribution in [2.45, 2.75) is 18.9 Å². The van der Waals surface area contributed by atoms with Crippen molar-refractivity contribution >= 4 is 15.9 Å². The molecule has 70 valence electrons. The van der Waals surface area contributed by atoms with E-state index in [0.717, 1.165) is 10.0 Å².